The first kappa shape index (κ1) is 17.2. The number of hydrogen-bond donors (Lipinski definition) is 1. The zero-order chi connectivity index (χ0) is 17.4. The van der Waals surface area contributed by atoms with E-state index in [2.05, 4.69) is 10.3 Å². The van der Waals surface area contributed by atoms with Gasteiger partial charge in [-0.1, -0.05) is 41.6 Å². The van der Waals surface area contributed by atoms with Crippen LogP contribution in [0.5, 0.6) is 5.75 Å². The van der Waals surface area contributed by atoms with E-state index in [-0.39, 0.29) is 6.61 Å². The zero-order valence-electron chi connectivity index (χ0n) is 13.6. The van der Waals surface area contributed by atoms with E-state index in [0.717, 1.165) is 16.8 Å². The molecule has 6 nitrogen and oxygen atoms in total. The predicted molar refractivity (Wildman–Crippen MR) is 93.1 cm³/mol. The highest BCUT2D eigenvalue weighted by molar-refractivity contribution is 5.70. The van der Waals surface area contributed by atoms with Gasteiger partial charge in [-0.15, -0.1) is 5.11 Å². The number of aliphatic carboxylic acids is 1. The van der Waals surface area contributed by atoms with Crippen molar-refractivity contribution in [3.8, 4) is 5.75 Å². The fourth-order valence-electron chi connectivity index (χ4n) is 1.81. The van der Waals surface area contributed by atoms with Gasteiger partial charge in [0.25, 0.3) is 0 Å². The summed E-state index contributed by atoms with van der Waals surface area (Å²) in [7, 11) is 3.64. The van der Waals surface area contributed by atoms with Gasteiger partial charge < -0.3 is 9.84 Å². The second kappa shape index (κ2) is 8.47. The minimum Gasteiger partial charge on any atom is -0.482 e. The van der Waals surface area contributed by atoms with Crippen LogP contribution in [-0.4, -0.2) is 36.8 Å². The van der Waals surface area contributed by atoms with Gasteiger partial charge in [-0.2, -0.15) is 0 Å². The molecule has 0 heterocycles. The fraction of sp³-hybridized carbons (Fsp3) is 0.167. The van der Waals surface area contributed by atoms with Gasteiger partial charge in [-0.3, -0.25) is 5.01 Å². The number of benzene rings is 2. The summed E-state index contributed by atoms with van der Waals surface area (Å²) in [5.74, 6) is -0.460. The Hall–Kier alpha value is -3.15. The summed E-state index contributed by atoms with van der Waals surface area (Å²) in [5.41, 5.74) is 2.83. The smallest absolute Gasteiger partial charge is 0.341 e. The number of rotatable bonds is 7. The van der Waals surface area contributed by atoms with E-state index in [4.69, 9.17) is 9.84 Å². The van der Waals surface area contributed by atoms with Crippen LogP contribution in [0.15, 0.2) is 58.9 Å². The van der Waals surface area contributed by atoms with Crippen molar-refractivity contribution in [1.82, 2.24) is 5.01 Å². The van der Waals surface area contributed by atoms with Crippen LogP contribution in [0.1, 0.15) is 11.1 Å². The molecule has 1 N–H and O–H groups in total. The third-order valence-corrected chi connectivity index (χ3v) is 2.94. The Morgan fingerprint density at radius 3 is 2.08 bits per heavy atom. The Labute approximate surface area is 140 Å². The van der Waals surface area contributed by atoms with Crippen molar-refractivity contribution in [3.63, 3.8) is 0 Å². The lowest BCUT2D eigenvalue weighted by molar-refractivity contribution is -0.139. The fourth-order valence-corrected chi connectivity index (χ4v) is 1.81. The summed E-state index contributed by atoms with van der Waals surface area (Å²) in [4.78, 5) is 10.4. The lowest BCUT2D eigenvalue weighted by Gasteiger charge is -2.03. The van der Waals surface area contributed by atoms with Gasteiger partial charge in [0.15, 0.2) is 6.61 Å². The van der Waals surface area contributed by atoms with Crippen LogP contribution in [0, 0.1) is 0 Å². The maximum absolute atomic E-state index is 10.4. The molecule has 2 aromatic rings. The molecular weight excluding hydrogens is 306 g/mol. The topological polar surface area (TPSA) is 74.5 Å². The normalized spacial score (nSPS) is 11.1. The molecule has 0 amide bonds. The SMILES string of the molecule is CN(C)/N=N\c1ccc(C=Cc2ccc(OCC(=O)O)cc2)cc1. The van der Waals surface area contributed by atoms with E-state index in [1.54, 1.807) is 17.1 Å². The molecule has 0 saturated carbocycles. The van der Waals surface area contributed by atoms with Gasteiger partial charge >= 0.3 is 5.97 Å². The van der Waals surface area contributed by atoms with Gasteiger partial charge in [0, 0.05) is 14.1 Å². The van der Waals surface area contributed by atoms with Crippen molar-refractivity contribution >= 4 is 23.8 Å². The van der Waals surface area contributed by atoms with E-state index in [1.165, 1.54) is 0 Å². The number of carbonyl (C=O) groups is 1. The number of carboxylic acid groups (broad SMARTS) is 1. The first-order chi connectivity index (χ1) is 11.5. The van der Waals surface area contributed by atoms with Crippen LogP contribution in [0.4, 0.5) is 5.69 Å². The van der Waals surface area contributed by atoms with Crippen LogP contribution < -0.4 is 4.74 Å². The summed E-state index contributed by atoms with van der Waals surface area (Å²) in [5, 5.41) is 18.2. The highest BCUT2D eigenvalue weighted by Gasteiger charge is 1.98. The van der Waals surface area contributed by atoms with Gasteiger partial charge in [-0.25, -0.2) is 4.79 Å². The Morgan fingerprint density at radius 2 is 1.58 bits per heavy atom. The van der Waals surface area contributed by atoms with Crippen LogP contribution in [0.25, 0.3) is 12.2 Å². The molecule has 0 radical (unpaired) electrons. The van der Waals surface area contributed by atoms with Crippen LogP contribution in [0.3, 0.4) is 0 Å². The van der Waals surface area contributed by atoms with E-state index < -0.39 is 5.97 Å². The van der Waals surface area contributed by atoms with E-state index in [0.29, 0.717) is 5.75 Å². The molecule has 0 aromatic heterocycles. The molecule has 0 unspecified atom stereocenters. The third-order valence-electron chi connectivity index (χ3n) is 2.94. The van der Waals surface area contributed by atoms with Gasteiger partial charge in [0.2, 0.25) is 0 Å². The second-order valence-electron chi connectivity index (χ2n) is 5.21. The maximum atomic E-state index is 10.4. The van der Waals surface area contributed by atoms with Crippen LogP contribution in [0.2, 0.25) is 0 Å². The number of carboxylic acids is 1. The molecule has 0 atom stereocenters. The summed E-state index contributed by atoms with van der Waals surface area (Å²) >= 11 is 0. The molecule has 124 valence electrons. The summed E-state index contributed by atoms with van der Waals surface area (Å²) in [6, 6.07) is 14.9. The van der Waals surface area contributed by atoms with Gasteiger partial charge in [-0.05, 0) is 35.4 Å². The molecule has 0 fully saturated rings. The third kappa shape index (κ3) is 5.92. The molecule has 0 aliphatic heterocycles. The van der Waals surface area contributed by atoms with Crippen LogP contribution >= 0.6 is 0 Å². The summed E-state index contributed by atoms with van der Waals surface area (Å²) in [6.45, 7) is -0.341. The monoisotopic (exact) mass is 325 g/mol. The molecule has 0 aliphatic carbocycles. The molecule has 24 heavy (non-hydrogen) atoms. The predicted octanol–water partition coefficient (Wildman–Crippen LogP) is 3.88. The first-order valence-electron chi connectivity index (χ1n) is 7.35. The largest absolute Gasteiger partial charge is 0.482 e. The number of hydrogen-bond acceptors (Lipinski definition) is 4. The number of nitrogens with zero attached hydrogens (tertiary/aromatic N) is 3. The first-order valence-corrected chi connectivity index (χ1v) is 7.35. The molecule has 0 bridgehead atoms. The van der Waals surface area contributed by atoms with Crippen molar-refractivity contribution in [1.29, 1.82) is 0 Å². The Morgan fingerprint density at radius 1 is 1.04 bits per heavy atom. The Bertz CT molecular complexity index is 720. The standard InChI is InChI=1S/C18H19N3O3/c1-21(2)20-19-16-9-5-14(6-10-16)3-4-15-7-11-17(12-8-15)24-13-18(22)23/h3-12H,13H2,1-2H3,(H,22,23)/b4-3?,20-19-. The van der Waals surface area contributed by atoms with Crippen LogP contribution in [-0.2, 0) is 4.79 Å². The second-order valence-corrected chi connectivity index (χ2v) is 5.21. The highest BCUT2D eigenvalue weighted by Crippen LogP contribution is 2.17. The quantitative estimate of drug-likeness (QED) is 0.476. The molecule has 2 aromatic carbocycles. The highest BCUT2D eigenvalue weighted by atomic mass is 16.5. The van der Waals surface area contributed by atoms with Crippen molar-refractivity contribution < 1.29 is 14.6 Å². The summed E-state index contributed by atoms with van der Waals surface area (Å²) in [6.07, 6.45) is 3.96. The molecule has 0 saturated heterocycles. The van der Waals surface area contributed by atoms with Crippen molar-refractivity contribution in [3.05, 3.63) is 59.7 Å². The molecule has 0 aliphatic rings. The lowest BCUT2D eigenvalue weighted by Crippen LogP contribution is -2.09. The van der Waals surface area contributed by atoms with E-state index in [9.17, 15) is 4.79 Å². The molecule has 0 spiro atoms. The minimum absolute atomic E-state index is 0.341. The lowest BCUT2D eigenvalue weighted by atomic mass is 10.1. The van der Waals surface area contributed by atoms with Crippen molar-refractivity contribution in [2.24, 2.45) is 10.3 Å². The van der Waals surface area contributed by atoms with Gasteiger partial charge in [0.05, 0.1) is 5.69 Å². The molecule has 2 rings (SSSR count). The van der Waals surface area contributed by atoms with Crippen molar-refractivity contribution in [2.45, 2.75) is 0 Å². The van der Waals surface area contributed by atoms with E-state index >= 15 is 0 Å². The average Bonchev–Trinajstić information content (AvgIpc) is 2.58. The minimum atomic E-state index is -0.993. The maximum Gasteiger partial charge on any atom is 0.341 e. The number of ether oxygens (including phenoxy) is 1. The zero-order valence-corrected chi connectivity index (χ0v) is 13.6. The Kier molecular flexibility index (Phi) is 6.08. The molecular formula is C18H19N3O3. The molecule has 6 heteroatoms. The van der Waals surface area contributed by atoms with Gasteiger partial charge in [0.1, 0.15) is 5.75 Å². The Balaban J connectivity index is 1.96. The van der Waals surface area contributed by atoms with E-state index in [1.807, 2.05) is 62.6 Å². The average molecular weight is 325 g/mol. The summed E-state index contributed by atoms with van der Waals surface area (Å²) < 4.78 is 5.09. The van der Waals surface area contributed by atoms with Crippen molar-refractivity contribution in [2.75, 3.05) is 20.7 Å².